The average Bonchev–Trinajstić information content (AvgIpc) is 2.91. The van der Waals surface area contributed by atoms with Gasteiger partial charge in [0, 0.05) is 23.1 Å². The summed E-state index contributed by atoms with van der Waals surface area (Å²) in [6.45, 7) is 6.96. The Balaban J connectivity index is 2.13. The van der Waals surface area contributed by atoms with Crippen LogP contribution in [0.2, 0.25) is 0 Å². The zero-order chi connectivity index (χ0) is 15.7. The second kappa shape index (κ2) is 8.56. The Labute approximate surface area is 129 Å². The van der Waals surface area contributed by atoms with Gasteiger partial charge in [-0.3, -0.25) is 9.59 Å². The molecule has 1 aromatic rings. The summed E-state index contributed by atoms with van der Waals surface area (Å²) in [4.78, 5) is 23.0. The normalized spacial score (nSPS) is 11.6. The quantitative estimate of drug-likeness (QED) is 0.597. The Morgan fingerprint density at radius 2 is 2.10 bits per heavy atom. The van der Waals surface area contributed by atoms with Gasteiger partial charge < -0.3 is 15.1 Å². The first-order valence-electron chi connectivity index (χ1n) is 6.77. The van der Waals surface area contributed by atoms with Gasteiger partial charge in [0.15, 0.2) is 0 Å². The molecular formula is C15H22N2O3S. The maximum Gasteiger partial charge on any atom is 0.244 e. The van der Waals surface area contributed by atoms with E-state index in [1.54, 1.807) is 30.0 Å². The van der Waals surface area contributed by atoms with E-state index in [9.17, 15) is 9.59 Å². The molecule has 2 amide bonds. The van der Waals surface area contributed by atoms with Gasteiger partial charge in [-0.05, 0) is 18.2 Å². The van der Waals surface area contributed by atoms with Crippen molar-refractivity contribution in [1.82, 2.24) is 10.6 Å². The molecule has 0 saturated carbocycles. The third-order valence-electron chi connectivity index (χ3n) is 2.32. The van der Waals surface area contributed by atoms with Crippen molar-refractivity contribution in [3.63, 3.8) is 0 Å². The molecule has 0 radical (unpaired) electrons. The molecule has 0 saturated heterocycles. The summed E-state index contributed by atoms with van der Waals surface area (Å²) in [6, 6.07) is 3.48. The number of carbonyl (C=O) groups is 2. The highest BCUT2D eigenvalue weighted by atomic mass is 32.2. The van der Waals surface area contributed by atoms with Crippen molar-refractivity contribution in [3.8, 4) is 0 Å². The lowest BCUT2D eigenvalue weighted by Gasteiger charge is -2.17. The monoisotopic (exact) mass is 310 g/mol. The van der Waals surface area contributed by atoms with Crippen molar-refractivity contribution in [3.05, 3.63) is 30.2 Å². The number of rotatable bonds is 7. The molecule has 6 heteroatoms. The lowest BCUT2D eigenvalue weighted by Crippen LogP contribution is -2.37. The molecule has 0 aliphatic rings. The van der Waals surface area contributed by atoms with E-state index in [1.165, 1.54) is 12.3 Å². The maximum atomic E-state index is 11.5. The number of thioether (sulfide) groups is 1. The first-order valence-corrected chi connectivity index (χ1v) is 7.75. The van der Waals surface area contributed by atoms with E-state index in [1.807, 2.05) is 0 Å². The molecule has 0 aliphatic carbocycles. The van der Waals surface area contributed by atoms with E-state index < -0.39 is 0 Å². The standard InChI is InChI=1S/C15H22N2O3S/c1-15(2,3)21-10-8-16-14(19)11-17-13(18)7-6-12-5-4-9-20-12/h4-7,9H,8,10-11H2,1-3H3,(H,16,19)(H,17,18). The first kappa shape index (κ1) is 17.4. The second-order valence-corrected chi connectivity index (χ2v) is 7.30. The Bertz CT molecular complexity index is 476. The van der Waals surface area contributed by atoms with Crippen LogP contribution in [0.15, 0.2) is 28.9 Å². The average molecular weight is 310 g/mol. The maximum absolute atomic E-state index is 11.5. The summed E-state index contributed by atoms with van der Waals surface area (Å²) in [7, 11) is 0. The van der Waals surface area contributed by atoms with E-state index in [0.29, 0.717) is 12.3 Å². The molecule has 0 unspecified atom stereocenters. The van der Waals surface area contributed by atoms with Crippen LogP contribution in [0.4, 0.5) is 0 Å². The number of hydrogen-bond donors (Lipinski definition) is 2. The predicted molar refractivity (Wildman–Crippen MR) is 86.0 cm³/mol. The number of furan rings is 1. The molecule has 2 N–H and O–H groups in total. The SMILES string of the molecule is CC(C)(C)SCCNC(=O)CNC(=O)C=Cc1ccco1. The fraction of sp³-hybridized carbons (Fsp3) is 0.467. The Morgan fingerprint density at radius 1 is 1.33 bits per heavy atom. The minimum atomic E-state index is -0.328. The molecule has 1 heterocycles. The van der Waals surface area contributed by atoms with Crippen LogP contribution in [0.1, 0.15) is 26.5 Å². The zero-order valence-electron chi connectivity index (χ0n) is 12.6. The molecule has 0 aromatic carbocycles. The highest BCUT2D eigenvalue weighted by Crippen LogP contribution is 2.21. The van der Waals surface area contributed by atoms with Crippen molar-refractivity contribution in [1.29, 1.82) is 0 Å². The third kappa shape index (κ3) is 8.96. The molecule has 1 aromatic heterocycles. The van der Waals surface area contributed by atoms with E-state index >= 15 is 0 Å². The van der Waals surface area contributed by atoms with Crippen LogP contribution in [-0.4, -0.2) is 35.4 Å². The molecule has 0 atom stereocenters. The lowest BCUT2D eigenvalue weighted by molar-refractivity contribution is -0.123. The van der Waals surface area contributed by atoms with Gasteiger partial charge in [-0.1, -0.05) is 20.8 Å². The molecule has 0 aliphatic heterocycles. The van der Waals surface area contributed by atoms with Gasteiger partial charge in [0.1, 0.15) is 5.76 Å². The summed E-state index contributed by atoms with van der Waals surface area (Å²) in [6.07, 6.45) is 4.41. The van der Waals surface area contributed by atoms with Crippen LogP contribution in [0, 0.1) is 0 Å². The predicted octanol–water partition coefficient (Wildman–Crippen LogP) is 2.06. The van der Waals surface area contributed by atoms with Gasteiger partial charge in [0.2, 0.25) is 11.8 Å². The fourth-order valence-corrected chi connectivity index (χ4v) is 2.20. The van der Waals surface area contributed by atoms with E-state index in [-0.39, 0.29) is 23.1 Å². The lowest BCUT2D eigenvalue weighted by atomic mass is 10.3. The van der Waals surface area contributed by atoms with Crippen molar-refractivity contribution < 1.29 is 14.0 Å². The largest absolute Gasteiger partial charge is 0.465 e. The highest BCUT2D eigenvalue weighted by Gasteiger charge is 2.10. The number of amides is 2. The number of carbonyl (C=O) groups excluding carboxylic acids is 2. The van der Waals surface area contributed by atoms with Gasteiger partial charge in [-0.2, -0.15) is 11.8 Å². The highest BCUT2D eigenvalue weighted by molar-refractivity contribution is 8.00. The van der Waals surface area contributed by atoms with Crippen LogP contribution in [0.25, 0.3) is 6.08 Å². The minimum Gasteiger partial charge on any atom is -0.465 e. The van der Waals surface area contributed by atoms with E-state index in [2.05, 4.69) is 31.4 Å². The molecule has 0 bridgehead atoms. The molecule has 0 spiro atoms. The summed E-state index contributed by atoms with van der Waals surface area (Å²) >= 11 is 1.78. The van der Waals surface area contributed by atoms with Crippen molar-refractivity contribution >= 4 is 29.7 Å². The van der Waals surface area contributed by atoms with E-state index in [0.717, 1.165) is 5.75 Å². The summed E-state index contributed by atoms with van der Waals surface area (Å²) in [5.41, 5.74) is 0. The van der Waals surface area contributed by atoms with Gasteiger partial charge in [0.05, 0.1) is 12.8 Å². The number of hydrogen-bond acceptors (Lipinski definition) is 4. The fourth-order valence-electron chi connectivity index (χ4n) is 1.38. The Kier molecular flexibility index (Phi) is 7.08. The van der Waals surface area contributed by atoms with Gasteiger partial charge >= 0.3 is 0 Å². The molecule has 116 valence electrons. The van der Waals surface area contributed by atoms with Crippen molar-refractivity contribution in [2.75, 3.05) is 18.8 Å². The van der Waals surface area contributed by atoms with Crippen molar-refractivity contribution in [2.24, 2.45) is 0 Å². The third-order valence-corrected chi connectivity index (χ3v) is 3.60. The second-order valence-electron chi connectivity index (χ2n) is 5.38. The summed E-state index contributed by atoms with van der Waals surface area (Å²) in [5, 5.41) is 5.28. The summed E-state index contributed by atoms with van der Waals surface area (Å²) in [5.74, 6) is 0.922. The van der Waals surface area contributed by atoms with E-state index in [4.69, 9.17) is 4.42 Å². The van der Waals surface area contributed by atoms with Gasteiger partial charge in [-0.25, -0.2) is 0 Å². The number of nitrogens with one attached hydrogen (secondary N) is 2. The van der Waals surface area contributed by atoms with Crippen LogP contribution in [-0.2, 0) is 9.59 Å². The minimum absolute atomic E-state index is 0.0263. The van der Waals surface area contributed by atoms with Crippen LogP contribution in [0.5, 0.6) is 0 Å². The molecular weight excluding hydrogens is 288 g/mol. The molecule has 21 heavy (non-hydrogen) atoms. The van der Waals surface area contributed by atoms with Crippen molar-refractivity contribution in [2.45, 2.75) is 25.5 Å². The molecule has 0 fully saturated rings. The van der Waals surface area contributed by atoms with Gasteiger partial charge in [-0.15, -0.1) is 0 Å². The molecule has 5 nitrogen and oxygen atoms in total. The van der Waals surface area contributed by atoms with Crippen LogP contribution < -0.4 is 10.6 Å². The van der Waals surface area contributed by atoms with Crippen LogP contribution in [0.3, 0.4) is 0 Å². The smallest absolute Gasteiger partial charge is 0.244 e. The Morgan fingerprint density at radius 3 is 2.71 bits per heavy atom. The first-order chi connectivity index (χ1) is 9.87. The molecule has 1 rings (SSSR count). The van der Waals surface area contributed by atoms with Crippen LogP contribution >= 0.6 is 11.8 Å². The van der Waals surface area contributed by atoms with Gasteiger partial charge in [0.25, 0.3) is 0 Å². The Hall–Kier alpha value is -1.69. The zero-order valence-corrected chi connectivity index (χ0v) is 13.5. The topological polar surface area (TPSA) is 71.3 Å². The summed E-state index contributed by atoms with van der Waals surface area (Å²) < 4.78 is 5.24.